The van der Waals surface area contributed by atoms with E-state index in [1.165, 1.54) is 18.2 Å². The van der Waals surface area contributed by atoms with Crippen LogP contribution in [0.3, 0.4) is 0 Å². The summed E-state index contributed by atoms with van der Waals surface area (Å²) in [5, 5.41) is 0.514. The van der Waals surface area contributed by atoms with Crippen LogP contribution in [0.25, 0.3) is 0 Å². The van der Waals surface area contributed by atoms with Crippen LogP contribution in [0.5, 0.6) is 0 Å². The second-order valence-electron chi connectivity index (χ2n) is 4.65. The van der Waals surface area contributed by atoms with E-state index in [1.54, 1.807) is 31.2 Å². The highest BCUT2D eigenvalue weighted by atomic mass is 35.5. The lowest BCUT2D eigenvalue weighted by molar-refractivity contribution is 0.577. The number of hydrogen-bond donors (Lipinski definition) is 1. The third-order valence-corrected chi connectivity index (χ3v) is 4.97. The van der Waals surface area contributed by atoms with Gasteiger partial charge in [0.2, 0.25) is 10.0 Å². The lowest BCUT2D eigenvalue weighted by Gasteiger charge is -2.08. The fourth-order valence-corrected chi connectivity index (χ4v) is 3.12. The average molecular weight is 328 g/mol. The third-order valence-electron chi connectivity index (χ3n) is 3.08. The zero-order valence-corrected chi connectivity index (χ0v) is 13.0. The van der Waals surface area contributed by atoms with Crippen molar-refractivity contribution in [3.63, 3.8) is 0 Å². The highest BCUT2D eigenvalue weighted by Crippen LogP contribution is 2.19. The Hall–Kier alpha value is -1.43. The van der Waals surface area contributed by atoms with Gasteiger partial charge in [-0.15, -0.1) is 0 Å². The minimum Gasteiger partial charge on any atom is -0.211 e. The normalized spacial score (nSPS) is 11.6. The van der Waals surface area contributed by atoms with E-state index in [1.807, 2.05) is 0 Å². The molecule has 0 aliphatic heterocycles. The minimum absolute atomic E-state index is 0.130. The Labute approximate surface area is 128 Å². The largest absolute Gasteiger partial charge is 0.240 e. The van der Waals surface area contributed by atoms with E-state index in [9.17, 15) is 12.8 Å². The van der Waals surface area contributed by atoms with Crippen LogP contribution >= 0.6 is 11.6 Å². The van der Waals surface area contributed by atoms with Crippen molar-refractivity contribution in [1.82, 2.24) is 4.72 Å². The summed E-state index contributed by atoms with van der Waals surface area (Å²) in [6.45, 7) is 1.87. The molecule has 0 aromatic heterocycles. The molecule has 0 aliphatic rings. The van der Waals surface area contributed by atoms with Gasteiger partial charge in [0.15, 0.2) is 0 Å². The molecule has 0 saturated carbocycles. The van der Waals surface area contributed by atoms with Crippen LogP contribution in [0.1, 0.15) is 11.1 Å². The molecule has 2 rings (SSSR count). The van der Waals surface area contributed by atoms with Gasteiger partial charge in [0.1, 0.15) is 5.82 Å². The van der Waals surface area contributed by atoms with Crippen LogP contribution in [-0.2, 0) is 16.4 Å². The summed E-state index contributed by atoms with van der Waals surface area (Å²) in [7, 11) is -3.61. The number of benzene rings is 2. The summed E-state index contributed by atoms with van der Waals surface area (Å²) in [4.78, 5) is 0.151. The van der Waals surface area contributed by atoms with E-state index < -0.39 is 10.0 Å². The van der Waals surface area contributed by atoms with Gasteiger partial charge in [-0.3, -0.25) is 0 Å². The molecule has 0 fully saturated rings. The molecular formula is C15H15ClFNO2S. The Kier molecular flexibility index (Phi) is 4.98. The molecule has 0 heterocycles. The summed E-state index contributed by atoms with van der Waals surface area (Å²) in [5.74, 6) is -0.334. The molecule has 21 heavy (non-hydrogen) atoms. The SMILES string of the molecule is Cc1cc(S(=O)(=O)NCCc2ccccc2F)ccc1Cl. The van der Waals surface area contributed by atoms with Gasteiger partial charge in [-0.25, -0.2) is 17.5 Å². The Morgan fingerprint density at radius 2 is 1.90 bits per heavy atom. The quantitative estimate of drug-likeness (QED) is 0.915. The van der Waals surface area contributed by atoms with Crippen molar-refractivity contribution in [2.45, 2.75) is 18.2 Å². The summed E-state index contributed by atoms with van der Waals surface area (Å²) in [6, 6.07) is 10.8. The molecule has 0 unspecified atom stereocenters. The van der Waals surface area contributed by atoms with Crippen molar-refractivity contribution in [3.8, 4) is 0 Å². The fourth-order valence-electron chi connectivity index (χ4n) is 1.89. The molecule has 0 bridgehead atoms. The zero-order valence-electron chi connectivity index (χ0n) is 11.4. The summed E-state index contributed by atoms with van der Waals surface area (Å²) >= 11 is 5.88. The third kappa shape index (κ3) is 4.03. The van der Waals surface area contributed by atoms with E-state index >= 15 is 0 Å². The molecule has 0 amide bonds. The average Bonchev–Trinajstić information content (AvgIpc) is 2.44. The van der Waals surface area contributed by atoms with Gasteiger partial charge in [0, 0.05) is 11.6 Å². The van der Waals surface area contributed by atoms with Crippen LogP contribution in [0.15, 0.2) is 47.4 Å². The molecule has 0 aliphatic carbocycles. The number of halogens is 2. The predicted octanol–water partition coefficient (Wildman–Crippen LogP) is 3.31. The first-order valence-corrected chi connectivity index (χ1v) is 8.25. The number of sulfonamides is 1. The molecule has 112 valence electrons. The summed E-state index contributed by atoms with van der Waals surface area (Å²) in [5.41, 5.74) is 1.17. The first kappa shape index (κ1) is 15.9. The first-order valence-electron chi connectivity index (χ1n) is 6.39. The second-order valence-corrected chi connectivity index (χ2v) is 6.82. The molecule has 3 nitrogen and oxygen atoms in total. The van der Waals surface area contributed by atoms with Crippen molar-refractivity contribution in [3.05, 3.63) is 64.4 Å². The van der Waals surface area contributed by atoms with Gasteiger partial charge in [-0.2, -0.15) is 0 Å². The Morgan fingerprint density at radius 3 is 2.57 bits per heavy atom. The lowest BCUT2D eigenvalue weighted by atomic mass is 10.1. The summed E-state index contributed by atoms with van der Waals surface area (Å²) < 4.78 is 40.1. The molecule has 0 spiro atoms. The van der Waals surface area contributed by atoms with Crippen molar-refractivity contribution in [2.75, 3.05) is 6.54 Å². The van der Waals surface area contributed by atoms with Crippen LogP contribution in [-0.4, -0.2) is 15.0 Å². The number of nitrogens with one attached hydrogen (secondary N) is 1. The monoisotopic (exact) mass is 327 g/mol. The van der Waals surface area contributed by atoms with Gasteiger partial charge < -0.3 is 0 Å². The van der Waals surface area contributed by atoms with Gasteiger partial charge >= 0.3 is 0 Å². The van der Waals surface area contributed by atoms with E-state index in [2.05, 4.69) is 4.72 Å². The number of aryl methyl sites for hydroxylation is 1. The molecular weight excluding hydrogens is 313 g/mol. The maximum Gasteiger partial charge on any atom is 0.240 e. The van der Waals surface area contributed by atoms with E-state index in [0.717, 1.165) is 0 Å². The topological polar surface area (TPSA) is 46.2 Å². The van der Waals surface area contributed by atoms with Gasteiger partial charge in [-0.1, -0.05) is 29.8 Å². The highest BCUT2D eigenvalue weighted by Gasteiger charge is 2.14. The van der Waals surface area contributed by atoms with E-state index in [0.29, 0.717) is 22.6 Å². The van der Waals surface area contributed by atoms with Crippen LogP contribution < -0.4 is 4.72 Å². The smallest absolute Gasteiger partial charge is 0.211 e. The van der Waals surface area contributed by atoms with Crippen LogP contribution in [0, 0.1) is 12.7 Å². The molecule has 1 N–H and O–H groups in total. The molecule has 0 radical (unpaired) electrons. The maximum absolute atomic E-state index is 13.4. The summed E-state index contributed by atoms with van der Waals surface area (Å²) in [6.07, 6.45) is 0.290. The minimum atomic E-state index is -3.61. The molecule has 2 aromatic rings. The zero-order chi connectivity index (χ0) is 15.5. The van der Waals surface area contributed by atoms with E-state index in [-0.39, 0.29) is 17.3 Å². The van der Waals surface area contributed by atoms with Crippen LogP contribution in [0.4, 0.5) is 4.39 Å². The lowest BCUT2D eigenvalue weighted by Crippen LogP contribution is -2.26. The van der Waals surface area contributed by atoms with Crippen molar-refractivity contribution < 1.29 is 12.8 Å². The van der Waals surface area contributed by atoms with Gasteiger partial charge in [-0.05, 0) is 48.7 Å². The standard InChI is InChI=1S/C15H15ClFNO2S/c1-11-10-13(6-7-14(11)16)21(19,20)18-9-8-12-4-2-3-5-15(12)17/h2-7,10,18H,8-9H2,1H3. The second kappa shape index (κ2) is 6.56. The fraction of sp³-hybridized carbons (Fsp3) is 0.200. The first-order chi connectivity index (χ1) is 9.90. The Morgan fingerprint density at radius 1 is 1.19 bits per heavy atom. The van der Waals surface area contributed by atoms with Gasteiger partial charge in [0.05, 0.1) is 4.90 Å². The maximum atomic E-state index is 13.4. The molecule has 2 aromatic carbocycles. The van der Waals surface area contributed by atoms with Crippen molar-refractivity contribution in [1.29, 1.82) is 0 Å². The van der Waals surface area contributed by atoms with Crippen LogP contribution in [0.2, 0.25) is 5.02 Å². The highest BCUT2D eigenvalue weighted by molar-refractivity contribution is 7.89. The van der Waals surface area contributed by atoms with E-state index in [4.69, 9.17) is 11.6 Å². The molecule has 0 atom stereocenters. The number of hydrogen-bond acceptors (Lipinski definition) is 2. The van der Waals surface area contributed by atoms with Crippen molar-refractivity contribution in [2.24, 2.45) is 0 Å². The number of rotatable bonds is 5. The Balaban J connectivity index is 2.05. The van der Waals surface area contributed by atoms with Gasteiger partial charge in [0.25, 0.3) is 0 Å². The molecule has 6 heteroatoms. The predicted molar refractivity (Wildman–Crippen MR) is 81.5 cm³/mol. The van der Waals surface area contributed by atoms with Crippen molar-refractivity contribution >= 4 is 21.6 Å². The molecule has 0 saturated heterocycles. The Bertz CT molecular complexity index is 747.